The molecule has 0 unspecified atom stereocenters. The molecule has 1 aliphatic rings. The number of ether oxygens (including phenoxy) is 1. The molecule has 2 aromatic rings. The van der Waals surface area contributed by atoms with Gasteiger partial charge in [0.2, 0.25) is 15.9 Å². The van der Waals surface area contributed by atoms with E-state index in [-0.39, 0.29) is 30.0 Å². The highest BCUT2D eigenvalue weighted by atomic mass is 32.2. The molecular formula is C24H28FN3O7S. The molecule has 2 aromatic carbocycles. The number of hydrogen-bond acceptors (Lipinski definition) is 6. The molecule has 1 fully saturated rings. The fourth-order valence-electron chi connectivity index (χ4n) is 3.92. The van der Waals surface area contributed by atoms with Crippen LogP contribution in [0.1, 0.15) is 25.3 Å². The van der Waals surface area contributed by atoms with Crippen molar-refractivity contribution in [1.29, 1.82) is 0 Å². The lowest BCUT2D eigenvalue weighted by Crippen LogP contribution is -2.58. The van der Waals surface area contributed by atoms with Crippen LogP contribution in [0.3, 0.4) is 0 Å². The van der Waals surface area contributed by atoms with Crippen LogP contribution >= 0.6 is 0 Å². The van der Waals surface area contributed by atoms with Crippen molar-refractivity contribution in [1.82, 2.24) is 14.5 Å². The van der Waals surface area contributed by atoms with E-state index >= 15 is 0 Å². The Kier molecular flexibility index (Phi) is 7.99. The molecule has 10 nitrogen and oxygen atoms in total. The van der Waals surface area contributed by atoms with E-state index in [1.54, 1.807) is 12.1 Å². The summed E-state index contributed by atoms with van der Waals surface area (Å²) in [5.41, 5.74) is -0.967. The number of aliphatic carboxylic acids is 1. The molecule has 0 radical (unpaired) electrons. The van der Waals surface area contributed by atoms with Gasteiger partial charge in [-0.15, -0.1) is 0 Å². The summed E-state index contributed by atoms with van der Waals surface area (Å²) in [6.45, 7) is 1.51. The zero-order valence-electron chi connectivity index (χ0n) is 20.1. The smallest absolute Gasteiger partial charge is 0.414 e. The highest BCUT2D eigenvalue weighted by Crippen LogP contribution is 2.35. The van der Waals surface area contributed by atoms with Gasteiger partial charge in [0.05, 0.1) is 4.90 Å². The summed E-state index contributed by atoms with van der Waals surface area (Å²) in [5, 5.41) is 12.2. The van der Waals surface area contributed by atoms with Crippen LogP contribution in [0.5, 0.6) is 5.75 Å². The number of nitrogens with one attached hydrogen (secondary N) is 1. The molecule has 0 aliphatic carbocycles. The maximum Gasteiger partial charge on any atom is 0.414 e. The van der Waals surface area contributed by atoms with E-state index in [1.165, 1.54) is 38.1 Å². The van der Waals surface area contributed by atoms with E-state index < -0.39 is 45.4 Å². The molecule has 1 heterocycles. The number of benzene rings is 2. The van der Waals surface area contributed by atoms with Crippen molar-refractivity contribution in [2.75, 3.05) is 20.6 Å². The minimum absolute atomic E-state index is 0.0640. The van der Waals surface area contributed by atoms with Gasteiger partial charge < -0.3 is 20.1 Å². The zero-order chi connectivity index (χ0) is 26.7. The van der Waals surface area contributed by atoms with Gasteiger partial charge in [0.1, 0.15) is 23.1 Å². The predicted molar refractivity (Wildman–Crippen MR) is 127 cm³/mol. The first-order valence-corrected chi connectivity index (χ1v) is 12.6. The van der Waals surface area contributed by atoms with Gasteiger partial charge in [-0.05, 0) is 61.7 Å². The topological polar surface area (TPSA) is 133 Å². The van der Waals surface area contributed by atoms with Crippen LogP contribution in [0.2, 0.25) is 0 Å². The second kappa shape index (κ2) is 10.6. The van der Waals surface area contributed by atoms with Gasteiger partial charge in [-0.1, -0.05) is 12.1 Å². The Bertz CT molecular complexity index is 1230. The summed E-state index contributed by atoms with van der Waals surface area (Å²) in [5.74, 6) is -2.35. The summed E-state index contributed by atoms with van der Waals surface area (Å²) in [6, 6.07) is 9.12. The first kappa shape index (κ1) is 27.1. The Hall–Kier alpha value is -3.51. The molecule has 0 saturated carbocycles. The number of carbonyl (C=O) groups excluding carboxylic acids is 2. The third-order valence-corrected chi connectivity index (χ3v) is 8.04. The van der Waals surface area contributed by atoms with Crippen LogP contribution in [0.4, 0.5) is 9.18 Å². The lowest BCUT2D eigenvalue weighted by molar-refractivity contribution is -0.143. The van der Waals surface area contributed by atoms with Crippen molar-refractivity contribution in [2.45, 2.75) is 42.7 Å². The summed E-state index contributed by atoms with van der Waals surface area (Å²) in [6.07, 6.45) is -0.0559. The van der Waals surface area contributed by atoms with E-state index in [4.69, 9.17) is 4.74 Å². The maximum atomic E-state index is 13.3. The van der Waals surface area contributed by atoms with Crippen molar-refractivity contribution in [2.24, 2.45) is 0 Å². The largest absolute Gasteiger partial charge is 0.480 e. The number of carboxylic acid groups (broad SMARTS) is 1. The van der Waals surface area contributed by atoms with Crippen LogP contribution in [0, 0.1) is 5.82 Å². The molecule has 2 amide bonds. The monoisotopic (exact) mass is 521 g/mol. The number of carboxylic acids is 1. The highest BCUT2D eigenvalue weighted by Gasteiger charge is 2.50. The number of amides is 2. The van der Waals surface area contributed by atoms with E-state index in [1.807, 2.05) is 0 Å². The Morgan fingerprint density at radius 1 is 1.14 bits per heavy atom. The summed E-state index contributed by atoms with van der Waals surface area (Å²) in [4.78, 5) is 37.9. The third-order valence-electron chi connectivity index (χ3n) is 6.00. The molecule has 194 valence electrons. The Balaban J connectivity index is 1.75. The van der Waals surface area contributed by atoms with Crippen molar-refractivity contribution < 1.29 is 37.0 Å². The number of nitrogens with zero attached hydrogens (tertiary/aromatic N) is 2. The van der Waals surface area contributed by atoms with Gasteiger partial charge in [-0.3, -0.25) is 4.79 Å². The first-order valence-electron chi connectivity index (χ1n) is 11.1. The van der Waals surface area contributed by atoms with Crippen LogP contribution < -0.4 is 10.1 Å². The minimum Gasteiger partial charge on any atom is -0.480 e. The fourth-order valence-corrected chi connectivity index (χ4v) is 5.73. The third kappa shape index (κ3) is 5.82. The van der Waals surface area contributed by atoms with Crippen molar-refractivity contribution in [3.05, 3.63) is 59.9 Å². The number of halogens is 1. The molecule has 1 aliphatic heterocycles. The summed E-state index contributed by atoms with van der Waals surface area (Å²) in [7, 11) is -1.06. The number of hydrogen-bond donors (Lipinski definition) is 2. The molecule has 12 heteroatoms. The van der Waals surface area contributed by atoms with Gasteiger partial charge in [-0.25, -0.2) is 22.4 Å². The molecule has 0 spiro atoms. The number of rotatable bonds is 8. The zero-order valence-corrected chi connectivity index (χ0v) is 20.9. The Morgan fingerprint density at radius 3 is 2.31 bits per heavy atom. The fraction of sp³-hybridized carbons (Fsp3) is 0.375. The highest BCUT2D eigenvalue weighted by molar-refractivity contribution is 7.89. The van der Waals surface area contributed by atoms with Crippen molar-refractivity contribution in [3.8, 4) is 5.75 Å². The van der Waals surface area contributed by atoms with Crippen LogP contribution in [-0.2, 0) is 26.0 Å². The summed E-state index contributed by atoms with van der Waals surface area (Å²) >= 11 is 0. The molecule has 2 atom stereocenters. The molecule has 36 heavy (non-hydrogen) atoms. The number of sulfonamides is 1. The molecule has 3 rings (SSSR count). The maximum absolute atomic E-state index is 13.3. The normalized spacial score (nSPS) is 18.9. The molecule has 0 bridgehead atoms. The standard InChI is InChI=1S/C24H28FN3O7S/c1-24(13-4-14-28(24)36(33,34)19-11-7-17(25)8-12-19)22(31)26-20(21(29)30)15-16-5-9-18(10-6-16)35-23(32)27(2)3/h5-12,20H,4,13-15H2,1-3H3,(H,26,31)(H,29,30)/t20-,24-/m0/s1. The van der Waals surface area contributed by atoms with Gasteiger partial charge in [-0.2, -0.15) is 4.31 Å². The first-order chi connectivity index (χ1) is 16.8. The Labute approximate surface area is 208 Å². The average molecular weight is 522 g/mol. The van der Waals surface area contributed by atoms with Gasteiger partial charge in [0.15, 0.2) is 0 Å². The second-order valence-corrected chi connectivity index (χ2v) is 10.7. The molecule has 2 N–H and O–H groups in total. The Morgan fingerprint density at radius 2 is 1.75 bits per heavy atom. The van der Waals surface area contributed by atoms with Gasteiger partial charge in [0, 0.05) is 27.1 Å². The van der Waals surface area contributed by atoms with E-state index in [0.717, 1.165) is 28.6 Å². The van der Waals surface area contributed by atoms with Crippen LogP contribution in [0.15, 0.2) is 53.4 Å². The minimum atomic E-state index is -4.13. The predicted octanol–water partition coefficient (Wildman–Crippen LogP) is 2.24. The van der Waals surface area contributed by atoms with E-state index in [9.17, 15) is 32.3 Å². The van der Waals surface area contributed by atoms with Gasteiger partial charge >= 0.3 is 12.1 Å². The summed E-state index contributed by atoms with van der Waals surface area (Å²) < 4.78 is 45.8. The molecular weight excluding hydrogens is 493 g/mol. The lowest BCUT2D eigenvalue weighted by Gasteiger charge is -2.34. The number of carbonyl (C=O) groups is 3. The average Bonchev–Trinajstić information content (AvgIpc) is 3.23. The van der Waals surface area contributed by atoms with E-state index in [2.05, 4.69) is 5.32 Å². The lowest BCUT2D eigenvalue weighted by atomic mass is 9.97. The van der Waals surface area contributed by atoms with Crippen molar-refractivity contribution >= 4 is 28.0 Å². The molecule has 0 aromatic heterocycles. The quantitative estimate of drug-likeness (QED) is 0.544. The van der Waals surface area contributed by atoms with Crippen LogP contribution in [0.25, 0.3) is 0 Å². The van der Waals surface area contributed by atoms with Gasteiger partial charge in [0.25, 0.3) is 0 Å². The van der Waals surface area contributed by atoms with Crippen LogP contribution in [-0.4, -0.2) is 72.9 Å². The van der Waals surface area contributed by atoms with E-state index in [0.29, 0.717) is 12.0 Å². The molecule has 1 saturated heterocycles. The SMILES string of the molecule is CN(C)C(=O)Oc1ccc(C[C@H](NC(=O)[C@]2(C)CCCN2S(=O)(=O)c2ccc(F)cc2)C(=O)O)cc1. The van der Waals surface area contributed by atoms with Crippen molar-refractivity contribution in [3.63, 3.8) is 0 Å². The second-order valence-electron chi connectivity index (χ2n) is 8.88.